The zero-order valence-electron chi connectivity index (χ0n) is 17.5. The molecule has 1 fully saturated rings. The summed E-state index contributed by atoms with van der Waals surface area (Å²) in [7, 11) is 1.64. The summed E-state index contributed by atoms with van der Waals surface area (Å²) in [4.78, 5) is 19.1. The lowest BCUT2D eigenvalue weighted by molar-refractivity contribution is 0.0793. The molecule has 3 aromatic rings. The van der Waals surface area contributed by atoms with Crippen LogP contribution in [0.5, 0.6) is 17.2 Å². The molecular weight excluding hydrogens is 394 g/mol. The molecule has 0 bridgehead atoms. The predicted octanol–water partition coefficient (Wildman–Crippen LogP) is 3.61. The minimum absolute atomic E-state index is 0.119. The number of hydrogen-bond acceptors (Lipinski definition) is 5. The molecule has 3 heterocycles. The maximum absolute atomic E-state index is 12.6. The Balaban J connectivity index is 1.39. The summed E-state index contributed by atoms with van der Waals surface area (Å²) >= 11 is 0. The molecule has 0 spiro atoms. The van der Waals surface area contributed by atoms with Crippen molar-refractivity contribution in [3.05, 3.63) is 59.9 Å². The highest BCUT2D eigenvalue weighted by atomic mass is 16.6. The Kier molecular flexibility index (Phi) is 5.24. The monoisotopic (exact) mass is 419 g/mol. The Bertz CT molecular complexity index is 1080. The molecule has 5 rings (SSSR count). The number of aromatic nitrogens is 2. The van der Waals surface area contributed by atoms with Crippen LogP contribution in [-0.4, -0.2) is 53.8 Å². The van der Waals surface area contributed by atoms with Crippen LogP contribution in [0, 0.1) is 0 Å². The maximum atomic E-state index is 12.6. The SMILES string of the molecule is COc1cc2c(cc1-c1nccn1Cc1ccc(C(=O)N3CCCC3)cc1)OCCO2. The lowest BCUT2D eigenvalue weighted by Crippen LogP contribution is -2.27. The largest absolute Gasteiger partial charge is 0.496 e. The molecule has 0 saturated carbocycles. The summed E-state index contributed by atoms with van der Waals surface area (Å²) < 4.78 is 19.1. The fraction of sp³-hybridized carbons (Fsp3) is 0.333. The molecule has 7 heteroatoms. The van der Waals surface area contributed by atoms with Crippen LogP contribution in [-0.2, 0) is 6.54 Å². The van der Waals surface area contributed by atoms with Gasteiger partial charge in [-0.3, -0.25) is 4.79 Å². The summed E-state index contributed by atoms with van der Waals surface area (Å²) in [5.74, 6) is 2.97. The minimum atomic E-state index is 0.119. The van der Waals surface area contributed by atoms with E-state index in [0.717, 1.165) is 48.4 Å². The molecule has 1 aromatic heterocycles. The van der Waals surface area contributed by atoms with Crippen molar-refractivity contribution >= 4 is 5.91 Å². The van der Waals surface area contributed by atoms with Crippen molar-refractivity contribution < 1.29 is 19.0 Å². The van der Waals surface area contributed by atoms with Crippen molar-refractivity contribution in [2.45, 2.75) is 19.4 Å². The van der Waals surface area contributed by atoms with Crippen LogP contribution >= 0.6 is 0 Å². The van der Waals surface area contributed by atoms with Gasteiger partial charge >= 0.3 is 0 Å². The van der Waals surface area contributed by atoms with E-state index in [2.05, 4.69) is 9.55 Å². The molecule has 0 atom stereocenters. The fourth-order valence-corrected chi connectivity index (χ4v) is 4.15. The standard InChI is InChI=1S/C24H25N3O4/c1-29-20-15-22-21(30-12-13-31-22)14-19(20)23-25-8-11-27(23)16-17-4-6-18(7-5-17)24(28)26-9-2-3-10-26/h4-8,11,14-15H,2-3,9-10,12-13,16H2,1H3. The average Bonchev–Trinajstić information content (AvgIpc) is 3.51. The van der Waals surface area contributed by atoms with E-state index in [1.807, 2.05) is 47.5 Å². The summed E-state index contributed by atoms with van der Waals surface area (Å²) in [6, 6.07) is 11.6. The predicted molar refractivity (Wildman–Crippen MR) is 116 cm³/mol. The summed E-state index contributed by atoms with van der Waals surface area (Å²) in [6.07, 6.45) is 5.90. The van der Waals surface area contributed by atoms with Gasteiger partial charge < -0.3 is 23.7 Å². The van der Waals surface area contributed by atoms with E-state index in [1.54, 1.807) is 13.3 Å². The van der Waals surface area contributed by atoms with Crippen LogP contribution in [0.25, 0.3) is 11.4 Å². The molecule has 0 radical (unpaired) electrons. The third kappa shape index (κ3) is 3.83. The highest BCUT2D eigenvalue weighted by Gasteiger charge is 2.21. The second-order valence-electron chi connectivity index (χ2n) is 7.77. The second-order valence-corrected chi connectivity index (χ2v) is 7.77. The van der Waals surface area contributed by atoms with Gasteiger partial charge in [-0.2, -0.15) is 0 Å². The van der Waals surface area contributed by atoms with Gasteiger partial charge in [0.05, 0.1) is 12.7 Å². The number of amides is 1. The van der Waals surface area contributed by atoms with Gasteiger partial charge in [0.15, 0.2) is 11.5 Å². The molecule has 0 aliphatic carbocycles. The number of carbonyl (C=O) groups excluding carboxylic acids is 1. The third-order valence-corrected chi connectivity index (χ3v) is 5.77. The lowest BCUT2D eigenvalue weighted by atomic mass is 10.1. The number of carbonyl (C=O) groups is 1. The van der Waals surface area contributed by atoms with E-state index in [1.165, 1.54) is 0 Å². The molecule has 0 N–H and O–H groups in total. The van der Waals surface area contributed by atoms with Gasteiger partial charge in [0, 0.05) is 43.7 Å². The van der Waals surface area contributed by atoms with Crippen LogP contribution < -0.4 is 14.2 Å². The molecule has 31 heavy (non-hydrogen) atoms. The van der Waals surface area contributed by atoms with Gasteiger partial charge in [-0.25, -0.2) is 4.98 Å². The van der Waals surface area contributed by atoms with Crippen molar-refractivity contribution in [1.29, 1.82) is 0 Å². The van der Waals surface area contributed by atoms with Gasteiger partial charge in [-0.1, -0.05) is 12.1 Å². The molecule has 0 unspecified atom stereocenters. The highest BCUT2D eigenvalue weighted by Crippen LogP contribution is 2.41. The van der Waals surface area contributed by atoms with E-state index in [-0.39, 0.29) is 5.91 Å². The Morgan fingerprint density at radius 3 is 2.48 bits per heavy atom. The zero-order chi connectivity index (χ0) is 21.2. The van der Waals surface area contributed by atoms with Crippen molar-refractivity contribution in [2.75, 3.05) is 33.4 Å². The van der Waals surface area contributed by atoms with Gasteiger partial charge in [-0.15, -0.1) is 0 Å². The first-order chi connectivity index (χ1) is 15.2. The molecule has 2 aliphatic heterocycles. The molecule has 160 valence electrons. The summed E-state index contributed by atoms with van der Waals surface area (Å²) in [5.41, 5.74) is 2.68. The van der Waals surface area contributed by atoms with E-state index in [9.17, 15) is 4.79 Å². The first kappa shape index (κ1) is 19.5. The van der Waals surface area contributed by atoms with Crippen LogP contribution in [0.15, 0.2) is 48.8 Å². The number of imidazole rings is 1. The molecule has 2 aromatic carbocycles. The van der Waals surface area contributed by atoms with E-state index < -0.39 is 0 Å². The van der Waals surface area contributed by atoms with Gasteiger partial charge in [-0.05, 0) is 36.6 Å². The van der Waals surface area contributed by atoms with Crippen molar-refractivity contribution in [3.63, 3.8) is 0 Å². The van der Waals surface area contributed by atoms with E-state index in [0.29, 0.717) is 37.0 Å². The quantitative estimate of drug-likeness (QED) is 0.632. The number of likely N-dealkylation sites (tertiary alicyclic amines) is 1. The number of nitrogens with zero attached hydrogens (tertiary/aromatic N) is 3. The average molecular weight is 419 g/mol. The number of methoxy groups -OCH3 is 1. The third-order valence-electron chi connectivity index (χ3n) is 5.77. The Morgan fingerprint density at radius 2 is 1.77 bits per heavy atom. The zero-order valence-corrected chi connectivity index (χ0v) is 17.5. The van der Waals surface area contributed by atoms with Gasteiger partial charge in [0.2, 0.25) is 0 Å². The van der Waals surface area contributed by atoms with Crippen LogP contribution in [0.4, 0.5) is 0 Å². The normalized spacial score (nSPS) is 15.2. The molecule has 1 saturated heterocycles. The topological polar surface area (TPSA) is 65.8 Å². The smallest absolute Gasteiger partial charge is 0.253 e. The summed E-state index contributed by atoms with van der Waals surface area (Å²) in [5, 5.41) is 0. The van der Waals surface area contributed by atoms with Crippen molar-refractivity contribution in [2.24, 2.45) is 0 Å². The van der Waals surface area contributed by atoms with Gasteiger partial charge in [0.25, 0.3) is 5.91 Å². The van der Waals surface area contributed by atoms with Crippen molar-refractivity contribution in [1.82, 2.24) is 14.5 Å². The van der Waals surface area contributed by atoms with Crippen molar-refractivity contribution in [3.8, 4) is 28.6 Å². The second kappa shape index (κ2) is 8.34. The van der Waals surface area contributed by atoms with Crippen LogP contribution in [0.2, 0.25) is 0 Å². The Labute approximate surface area is 181 Å². The number of benzene rings is 2. The maximum Gasteiger partial charge on any atom is 0.253 e. The number of ether oxygens (including phenoxy) is 3. The van der Waals surface area contributed by atoms with E-state index in [4.69, 9.17) is 14.2 Å². The first-order valence-corrected chi connectivity index (χ1v) is 10.6. The Hall–Kier alpha value is -3.48. The number of fused-ring (bicyclic) bond motifs is 1. The fourth-order valence-electron chi connectivity index (χ4n) is 4.15. The molecular formula is C24H25N3O4. The number of hydrogen-bond donors (Lipinski definition) is 0. The van der Waals surface area contributed by atoms with Gasteiger partial charge in [0.1, 0.15) is 24.8 Å². The lowest BCUT2D eigenvalue weighted by Gasteiger charge is -2.21. The Morgan fingerprint density at radius 1 is 1.06 bits per heavy atom. The molecule has 1 amide bonds. The minimum Gasteiger partial charge on any atom is -0.496 e. The molecule has 7 nitrogen and oxygen atoms in total. The van der Waals surface area contributed by atoms with Crippen LogP contribution in [0.3, 0.4) is 0 Å². The number of rotatable bonds is 5. The first-order valence-electron chi connectivity index (χ1n) is 10.6. The highest BCUT2D eigenvalue weighted by molar-refractivity contribution is 5.94. The van der Waals surface area contributed by atoms with Crippen LogP contribution in [0.1, 0.15) is 28.8 Å². The van der Waals surface area contributed by atoms with E-state index >= 15 is 0 Å². The summed E-state index contributed by atoms with van der Waals surface area (Å²) in [6.45, 7) is 3.40. The molecule has 2 aliphatic rings.